The Morgan fingerprint density at radius 3 is 1.41 bits per heavy atom. The van der Waals surface area contributed by atoms with Gasteiger partial charge in [0, 0.05) is 0 Å². The first-order valence-electron chi connectivity index (χ1n) is 10.7. The van der Waals surface area contributed by atoms with Gasteiger partial charge in [0.1, 0.15) is 79.5 Å². The number of hydrogen-bond donors (Lipinski definition) is 11. The van der Waals surface area contributed by atoms with Gasteiger partial charge in [0.05, 0.1) is 19.8 Å². The summed E-state index contributed by atoms with van der Waals surface area (Å²) < 4.78 is 26.7. The summed E-state index contributed by atoms with van der Waals surface area (Å²) in [4.78, 5) is 0. The third-order valence-electron chi connectivity index (χ3n) is 6.15. The topological polar surface area (TPSA) is 274 Å². The molecule has 34 heavy (non-hydrogen) atoms. The largest absolute Gasteiger partial charge is 0.394 e. The Balaban J connectivity index is 1.72. The van der Waals surface area contributed by atoms with E-state index in [2.05, 4.69) is 0 Å². The molecule has 200 valence electrons. The van der Waals surface area contributed by atoms with E-state index in [4.69, 9.17) is 29.4 Å². The molecule has 3 fully saturated rings. The van der Waals surface area contributed by atoms with E-state index in [9.17, 15) is 51.1 Å². The van der Waals surface area contributed by atoms with Crippen LogP contribution >= 0.6 is 0 Å². The lowest BCUT2D eigenvalue weighted by Crippen LogP contribution is -2.67. The average molecular weight is 503 g/mol. The molecule has 12 N–H and O–H groups in total. The normalized spacial score (nSPS) is 52.5. The lowest BCUT2D eigenvalue weighted by molar-refractivity contribution is -0.372. The molecule has 16 nitrogen and oxygen atoms in total. The summed E-state index contributed by atoms with van der Waals surface area (Å²) in [5.74, 6) is 0. The summed E-state index contributed by atoms with van der Waals surface area (Å²) in [5, 5.41) is 99.8. The van der Waals surface area contributed by atoms with Crippen LogP contribution in [0, 0.1) is 0 Å². The first-order chi connectivity index (χ1) is 16.0. The van der Waals surface area contributed by atoms with Crippen LogP contribution in [0.4, 0.5) is 0 Å². The Bertz CT molecular complexity index is 640. The molecule has 0 saturated carbocycles. The maximum Gasteiger partial charge on any atom is 0.187 e. The molecular formula is C18H33NO15. The molecule has 16 heteroatoms. The zero-order valence-electron chi connectivity index (χ0n) is 17.9. The molecule has 0 aromatic heterocycles. The number of rotatable bonds is 7. The molecule has 0 aromatic carbocycles. The van der Waals surface area contributed by atoms with Crippen molar-refractivity contribution in [2.24, 2.45) is 5.73 Å². The SMILES string of the molecule is N[C@@H]1O[C@H](CO)[C@@H](O[C@H]2O[C@H](CO)[C@@H](O[C@H]3O[C@H](CO)[C@@H](O)[C@H](O)[C@H]3O)[C@H](O)[C@H]2O)[C@H](O)[C@H]1O. The molecule has 0 bridgehead atoms. The van der Waals surface area contributed by atoms with E-state index in [0.717, 1.165) is 0 Å². The van der Waals surface area contributed by atoms with E-state index >= 15 is 0 Å². The van der Waals surface area contributed by atoms with Crippen LogP contribution in [0.1, 0.15) is 0 Å². The predicted octanol–water partition coefficient (Wildman–Crippen LogP) is -7.61. The lowest BCUT2D eigenvalue weighted by Gasteiger charge is -2.47. The minimum Gasteiger partial charge on any atom is -0.394 e. The molecule has 3 aliphatic heterocycles. The van der Waals surface area contributed by atoms with Gasteiger partial charge >= 0.3 is 0 Å². The number of hydrogen-bond acceptors (Lipinski definition) is 16. The number of aliphatic hydroxyl groups is 10. The first kappa shape index (κ1) is 27.9. The molecule has 0 aliphatic carbocycles. The maximum absolute atomic E-state index is 10.6. The molecule has 0 unspecified atom stereocenters. The Morgan fingerprint density at radius 2 is 0.912 bits per heavy atom. The summed E-state index contributed by atoms with van der Waals surface area (Å²) in [6, 6.07) is 0. The molecule has 3 aliphatic rings. The maximum atomic E-state index is 10.6. The fraction of sp³-hybridized carbons (Fsp3) is 1.00. The van der Waals surface area contributed by atoms with Gasteiger partial charge in [-0.2, -0.15) is 0 Å². The monoisotopic (exact) mass is 503 g/mol. The summed E-state index contributed by atoms with van der Waals surface area (Å²) in [6.45, 7) is -2.21. The number of aliphatic hydroxyl groups excluding tert-OH is 10. The van der Waals surface area contributed by atoms with Gasteiger partial charge in [-0.15, -0.1) is 0 Å². The fourth-order valence-corrected chi connectivity index (χ4v) is 4.11. The van der Waals surface area contributed by atoms with Gasteiger partial charge in [0.25, 0.3) is 0 Å². The van der Waals surface area contributed by atoms with Crippen molar-refractivity contribution in [3.8, 4) is 0 Å². The van der Waals surface area contributed by atoms with Gasteiger partial charge in [0.15, 0.2) is 12.6 Å². The molecule has 3 saturated heterocycles. The Kier molecular flexibility index (Phi) is 9.54. The molecule has 3 rings (SSSR count). The van der Waals surface area contributed by atoms with Gasteiger partial charge in [0.2, 0.25) is 0 Å². The van der Waals surface area contributed by atoms with Crippen molar-refractivity contribution >= 4 is 0 Å². The summed E-state index contributed by atoms with van der Waals surface area (Å²) in [5.41, 5.74) is 5.53. The third kappa shape index (κ3) is 5.37. The summed E-state index contributed by atoms with van der Waals surface area (Å²) in [6.07, 6.45) is -23.9. The van der Waals surface area contributed by atoms with Crippen molar-refractivity contribution in [2.45, 2.75) is 92.1 Å². The summed E-state index contributed by atoms with van der Waals surface area (Å²) in [7, 11) is 0. The van der Waals surface area contributed by atoms with Gasteiger partial charge < -0.3 is 80.5 Å². The first-order valence-corrected chi connectivity index (χ1v) is 10.7. The second-order valence-corrected chi connectivity index (χ2v) is 8.41. The molecule has 3 heterocycles. The van der Waals surface area contributed by atoms with Crippen molar-refractivity contribution in [1.29, 1.82) is 0 Å². The van der Waals surface area contributed by atoms with Gasteiger partial charge in [-0.25, -0.2) is 0 Å². The van der Waals surface area contributed by atoms with Crippen molar-refractivity contribution < 1.29 is 74.7 Å². The van der Waals surface area contributed by atoms with E-state index in [-0.39, 0.29) is 0 Å². The van der Waals surface area contributed by atoms with Gasteiger partial charge in [-0.1, -0.05) is 0 Å². The highest BCUT2D eigenvalue weighted by atomic mass is 16.7. The Hall–Kier alpha value is -0.640. The number of ether oxygens (including phenoxy) is 5. The van der Waals surface area contributed by atoms with E-state index in [1.54, 1.807) is 0 Å². The second-order valence-electron chi connectivity index (χ2n) is 8.41. The van der Waals surface area contributed by atoms with Crippen molar-refractivity contribution in [2.75, 3.05) is 19.8 Å². The fourth-order valence-electron chi connectivity index (χ4n) is 4.11. The quantitative estimate of drug-likeness (QED) is 0.154. The van der Waals surface area contributed by atoms with Crippen LogP contribution in [0.3, 0.4) is 0 Å². The Labute approximate surface area is 193 Å². The molecule has 0 spiro atoms. The van der Waals surface area contributed by atoms with Gasteiger partial charge in [-0.3, -0.25) is 0 Å². The highest BCUT2D eigenvalue weighted by Gasteiger charge is 2.53. The van der Waals surface area contributed by atoms with E-state index in [0.29, 0.717) is 0 Å². The minimum absolute atomic E-state index is 0.681. The standard InChI is InChI=1S/C18H33NO15/c19-16-11(27)9(25)14(5(2-21)30-16)33-18-13(29)10(26)15(6(3-22)32-18)34-17-12(28)8(24)7(23)4(1-20)31-17/h4-18,20-29H,1-3,19H2/t4-,5-,6-,7-,8+,9-,10-,11-,12-,13-,14-,15-,16-,17-,18-/m1/s1. The van der Waals surface area contributed by atoms with Crippen LogP contribution in [-0.2, 0) is 23.7 Å². The molecule has 0 amide bonds. The smallest absolute Gasteiger partial charge is 0.187 e. The van der Waals surface area contributed by atoms with Crippen LogP contribution in [0.2, 0.25) is 0 Å². The number of nitrogens with two attached hydrogens (primary N) is 1. The van der Waals surface area contributed by atoms with Crippen LogP contribution < -0.4 is 5.73 Å². The van der Waals surface area contributed by atoms with Gasteiger partial charge in [-0.05, 0) is 0 Å². The van der Waals surface area contributed by atoms with E-state index < -0.39 is 112 Å². The Morgan fingerprint density at radius 1 is 0.500 bits per heavy atom. The highest BCUT2D eigenvalue weighted by molar-refractivity contribution is 4.96. The van der Waals surface area contributed by atoms with E-state index in [1.165, 1.54) is 0 Å². The third-order valence-corrected chi connectivity index (χ3v) is 6.15. The van der Waals surface area contributed by atoms with E-state index in [1.807, 2.05) is 0 Å². The van der Waals surface area contributed by atoms with Crippen molar-refractivity contribution in [1.82, 2.24) is 0 Å². The zero-order valence-corrected chi connectivity index (χ0v) is 17.9. The average Bonchev–Trinajstić information content (AvgIpc) is 2.83. The predicted molar refractivity (Wildman–Crippen MR) is 103 cm³/mol. The lowest BCUT2D eigenvalue weighted by atomic mass is 9.96. The molecule has 0 aromatic rings. The van der Waals surface area contributed by atoms with Crippen molar-refractivity contribution in [3.05, 3.63) is 0 Å². The van der Waals surface area contributed by atoms with Crippen LogP contribution in [-0.4, -0.2) is 163 Å². The van der Waals surface area contributed by atoms with Crippen LogP contribution in [0.5, 0.6) is 0 Å². The van der Waals surface area contributed by atoms with Crippen molar-refractivity contribution in [3.63, 3.8) is 0 Å². The summed E-state index contributed by atoms with van der Waals surface area (Å²) >= 11 is 0. The highest BCUT2D eigenvalue weighted by Crippen LogP contribution is 2.31. The van der Waals surface area contributed by atoms with Crippen LogP contribution in [0.25, 0.3) is 0 Å². The van der Waals surface area contributed by atoms with Crippen LogP contribution in [0.15, 0.2) is 0 Å². The minimum atomic E-state index is -1.88. The zero-order chi connectivity index (χ0) is 25.3. The second kappa shape index (κ2) is 11.6. The molecule has 0 radical (unpaired) electrons. The molecule has 15 atom stereocenters. The molecular weight excluding hydrogens is 470 g/mol.